The fourth-order valence-corrected chi connectivity index (χ4v) is 2.16. The Balaban J connectivity index is 3.09. The minimum Gasteiger partial charge on any atom is -0.480 e. The van der Waals surface area contributed by atoms with Gasteiger partial charge in [0.15, 0.2) is 6.04 Å². The van der Waals surface area contributed by atoms with Crippen LogP contribution in [-0.4, -0.2) is 57.6 Å². The van der Waals surface area contributed by atoms with Gasteiger partial charge in [0.2, 0.25) is 5.91 Å². The van der Waals surface area contributed by atoms with Crippen LogP contribution in [-0.2, 0) is 19.2 Å². The standard InChI is InChI=1S/C13H21N5O5/c14-6-2-1-3-8(13(22)23)17(12(21)7-9(15)16)18-10(19)4-5-11(18)20/h4-5,8-9H,1-3,6-7,14-16H2,(H,22,23)/t8-/m0/s1. The minimum atomic E-state index is -1.39. The first kappa shape index (κ1) is 18.7. The van der Waals surface area contributed by atoms with Gasteiger partial charge in [0.25, 0.3) is 11.8 Å². The highest BCUT2D eigenvalue weighted by Crippen LogP contribution is 2.18. The monoisotopic (exact) mass is 327 g/mol. The van der Waals surface area contributed by atoms with E-state index >= 15 is 0 Å². The lowest BCUT2D eigenvalue weighted by Gasteiger charge is -2.35. The molecule has 0 fully saturated rings. The molecule has 0 bridgehead atoms. The van der Waals surface area contributed by atoms with Crippen molar-refractivity contribution >= 4 is 23.7 Å². The number of hydrazine groups is 1. The van der Waals surface area contributed by atoms with Crippen molar-refractivity contribution in [2.45, 2.75) is 37.9 Å². The van der Waals surface area contributed by atoms with Crippen LogP contribution in [0.5, 0.6) is 0 Å². The van der Waals surface area contributed by atoms with Crippen molar-refractivity contribution < 1.29 is 24.3 Å². The number of imide groups is 1. The first-order chi connectivity index (χ1) is 10.8. The van der Waals surface area contributed by atoms with Crippen LogP contribution < -0.4 is 17.2 Å². The molecule has 0 spiro atoms. The summed E-state index contributed by atoms with van der Waals surface area (Å²) in [4.78, 5) is 47.5. The first-order valence-electron chi connectivity index (χ1n) is 7.11. The smallest absolute Gasteiger partial charge is 0.328 e. The number of unbranched alkanes of at least 4 members (excludes halogenated alkanes) is 1. The maximum absolute atomic E-state index is 12.3. The Kier molecular flexibility index (Phi) is 6.82. The summed E-state index contributed by atoms with van der Waals surface area (Å²) in [5.74, 6) is -3.74. The number of nitrogens with zero attached hydrogens (tertiary/aromatic N) is 2. The van der Waals surface area contributed by atoms with E-state index in [1.54, 1.807) is 0 Å². The fraction of sp³-hybridized carbons (Fsp3) is 0.538. The van der Waals surface area contributed by atoms with Crippen molar-refractivity contribution in [2.75, 3.05) is 6.54 Å². The Bertz CT molecular complexity index is 501. The van der Waals surface area contributed by atoms with Crippen LogP contribution in [0.1, 0.15) is 25.7 Å². The zero-order chi connectivity index (χ0) is 17.6. The molecule has 1 heterocycles. The normalized spacial score (nSPS) is 15.4. The van der Waals surface area contributed by atoms with Gasteiger partial charge in [-0.05, 0) is 25.8 Å². The molecule has 0 aromatic heterocycles. The second-order valence-electron chi connectivity index (χ2n) is 5.07. The van der Waals surface area contributed by atoms with Crippen LogP contribution in [0.2, 0.25) is 0 Å². The van der Waals surface area contributed by atoms with Gasteiger partial charge in [-0.15, -0.1) is 0 Å². The average Bonchev–Trinajstić information content (AvgIpc) is 2.77. The number of carboxylic acids is 1. The molecule has 1 rings (SSSR count). The summed E-state index contributed by atoms with van der Waals surface area (Å²) in [7, 11) is 0. The van der Waals surface area contributed by atoms with E-state index in [1.807, 2.05) is 0 Å². The van der Waals surface area contributed by atoms with E-state index in [2.05, 4.69) is 0 Å². The van der Waals surface area contributed by atoms with Gasteiger partial charge in [0.1, 0.15) is 0 Å². The quantitative estimate of drug-likeness (QED) is 0.211. The van der Waals surface area contributed by atoms with Crippen molar-refractivity contribution in [1.29, 1.82) is 0 Å². The Morgan fingerprint density at radius 1 is 1.17 bits per heavy atom. The molecule has 0 radical (unpaired) electrons. The zero-order valence-electron chi connectivity index (χ0n) is 12.6. The number of aliphatic carboxylic acids is 1. The third-order valence-electron chi connectivity index (χ3n) is 3.18. The molecule has 10 nitrogen and oxygen atoms in total. The van der Waals surface area contributed by atoms with E-state index in [4.69, 9.17) is 17.2 Å². The lowest BCUT2D eigenvalue weighted by molar-refractivity contribution is -0.178. The summed E-state index contributed by atoms with van der Waals surface area (Å²) in [5, 5.41) is 10.5. The summed E-state index contributed by atoms with van der Waals surface area (Å²) in [5.41, 5.74) is 16.1. The topological polar surface area (TPSA) is 173 Å². The summed E-state index contributed by atoms with van der Waals surface area (Å²) >= 11 is 0. The first-order valence-corrected chi connectivity index (χ1v) is 7.11. The van der Waals surface area contributed by atoms with Crippen LogP contribution in [0.3, 0.4) is 0 Å². The molecule has 0 aromatic carbocycles. The van der Waals surface area contributed by atoms with Gasteiger partial charge in [-0.1, -0.05) is 0 Å². The molecule has 0 saturated carbocycles. The SMILES string of the molecule is NCCCC[C@@H](C(=O)O)N(C(=O)CC(N)N)N1C(=O)C=CC1=O. The summed E-state index contributed by atoms with van der Waals surface area (Å²) in [6.07, 6.45) is 1.47. The highest BCUT2D eigenvalue weighted by molar-refractivity contribution is 6.13. The Hall–Kier alpha value is -2.30. The van der Waals surface area contributed by atoms with Gasteiger partial charge < -0.3 is 22.3 Å². The molecule has 128 valence electrons. The van der Waals surface area contributed by atoms with E-state index in [9.17, 15) is 24.3 Å². The molecular weight excluding hydrogens is 306 g/mol. The number of rotatable bonds is 9. The Morgan fingerprint density at radius 3 is 2.17 bits per heavy atom. The lowest BCUT2D eigenvalue weighted by Crippen LogP contribution is -2.58. The number of carbonyl (C=O) groups is 4. The molecule has 3 amide bonds. The van der Waals surface area contributed by atoms with Crippen molar-refractivity contribution in [3.63, 3.8) is 0 Å². The van der Waals surface area contributed by atoms with E-state index in [1.165, 1.54) is 0 Å². The predicted molar refractivity (Wildman–Crippen MR) is 78.9 cm³/mol. The molecule has 0 aromatic rings. The third kappa shape index (κ3) is 4.84. The van der Waals surface area contributed by atoms with Crippen molar-refractivity contribution in [1.82, 2.24) is 10.0 Å². The molecule has 0 unspecified atom stereocenters. The number of hydrogen-bond acceptors (Lipinski definition) is 7. The highest BCUT2D eigenvalue weighted by atomic mass is 16.4. The molecule has 1 aliphatic heterocycles. The number of carboxylic acid groups (broad SMARTS) is 1. The molecule has 10 heteroatoms. The van der Waals surface area contributed by atoms with Crippen LogP contribution >= 0.6 is 0 Å². The van der Waals surface area contributed by atoms with E-state index < -0.39 is 42.3 Å². The van der Waals surface area contributed by atoms with Crippen LogP contribution in [0, 0.1) is 0 Å². The molecule has 7 N–H and O–H groups in total. The second-order valence-corrected chi connectivity index (χ2v) is 5.07. The van der Waals surface area contributed by atoms with Gasteiger partial charge in [0.05, 0.1) is 12.6 Å². The minimum absolute atomic E-state index is 0.0368. The second kappa shape index (κ2) is 8.36. The van der Waals surface area contributed by atoms with Gasteiger partial charge in [0, 0.05) is 12.2 Å². The summed E-state index contributed by atoms with van der Waals surface area (Å²) in [6, 6.07) is -1.39. The third-order valence-corrected chi connectivity index (χ3v) is 3.18. The molecule has 23 heavy (non-hydrogen) atoms. The van der Waals surface area contributed by atoms with E-state index in [0.717, 1.165) is 12.2 Å². The maximum atomic E-state index is 12.3. The number of amides is 3. The van der Waals surface area contributed by atoms with Gasteiger partial charge in [-0.3, -0.25) is 14.4 Å². The summed E-state index contributed by atoms with van der Waals surface area (Å²) in [6.45, 7) is 0.358. The molecular formula is C13H21N5O5. The van der Waals surface area contributed by atoms with Crippen molar-refractivity contribution in [3.8, 4) is 0 Å². The van der Waals surface area contributed by atoms with Gasteiger partial charge >= 0.3 is 5.97 Å². The van der Waals surface area contributed by atoms with Gasteiger partial charge in [-0.2, -0.15) is 5.01 Å². The fourth-order valence-electron chi connectivity index (χ4n) is 2.16. The van der Waals surface area contributed by atoms with Crippen LogP contribution in [0.25, 0.3) is 0 Å². The molecule has 0 saturated heterocycles. The molecule has 1 aliphatic rings. The Morgan fingerprint density at radius 2 is 1.74 bits per heavy atom. The van der Waals surface area contributed by atoms with Crippen LogP contribution in [0.4, 0.5) is 0 Å². The molecule has 1 atom stereocenters. The Labute approximate surface area is 132 Å². The number of nitrogens with two attached hydrogens (primary N) is 3. The molecule has 0 aliphatic carbocycles. The summed E-state index contributed by atoms with van der Waals surface area (Å²) < 4.78 is 0. The number of hydrogen-bond donors (Lipinski definition) is 4. The van der Waals surface area contributed by atoms with E-state index in [0.29, 0.717) is 29.4 Å². The lowest BCUT2D eigenvalue weighted by atomic mass is 10.1. The maximum Gasteiger partial charge on any atom is 0.328 e. The highest BCUT2D eigenvalue weighted by Gasteiger charge is 2.40. The van der Waals surface area contributed by atoms with Gasteiger partial charge in [-0.25, -0.2) is 9.80 Å². The van der Waals surface area contributed by atoms with E-state index in [-0.39, 0.29) is 6.42 Å². The zero-order valence-corrected chi connectivity index (χ0v) is 12.6. The number of carbonyl (C=O) groups excluding carboxylic acids is 3. The largest absolute Gasteiger partial charge is 0.480 e. The van der Waals surface area contributed by atoms with Crippen molar-refractivity contribution in [3.05, 3.63) is 12.2 Å². The van der Waals surface area contributed by atoms with Crippen LogP contribution in [0.15, 0.2) is 12.2 Å². The average molecular weight is 327 g/mol. The predicted octanol–water partition coefficient (Wildman–Crippen LogP) is -2.13. The van der Waals surface area contributed by atoms with Crippen molar-refractivity contribution in [2.24, 2.45) is 17.2 Å².